The van der Waals surface area contributed by atoms with Crippen LogP contribution in [0.1, 0.15) is 5.56 Å². The third-order valence-corrected chi connectivity index (χ3v) is 3.42. The summed E-state index contributed by atoms with van der Waals surface area (Å²) in [7, 11) is 1.61. The number of carbonyl (C=O) groups is 1. The van der Waals surface area contributed by atoms with Crippen molar-refractivity contribution >= 4 is 23.1 Å². The van der Waals surface area contributed by atoms with Crippen LogP contribution in [0.3, 0.4) is 0 Å². The van der Waals surface area contributed by atoms with Crippen LogP contribution in [-0.4, -0.2) is 19.7 Å². The molecular weight excluding hydrogens is 266 g/mol. The van der Waals surface area contributed by atoms with Crippen LogP contribution in [0.2, 0.25) is 0 Å². The molecule has 3 N–H and O–H groups in total. The highest BCUT2D eigenvalue weighted by molar-refractivity contribution is 6.00. The molecule has 5 heteroatoms. The Morgan fingerprint density at radius 2 is 1.81 bits per heavy atom. The number of hydrogen-bond acceptors (Lipinski definition) is 3. The summed E-state index contributed by atoms with van der Waals surface area (Å²) in [5, 5.41) is 8.92. The molecule has 0 fully saturated rings. The second-order valence-electron chi connectivity index (χ2n) is 4.86. The molecule has 1 aliphatic rings. The molecule has 3 rings (SSSR count). The Labute approximate surface area is 123 Å². The predicted octanol–water partition coefficient (Wildman–Crippen LogP) is 3.31. The first-order valence-corrected chi connectivity index (χ1v) is 6.83. The van der Waals surface area contributed by atoms with Crippen molar-refractivity contribution in [3.05, 3.63) is 48.0 Å². The Morgan fingerprint density at radius 1 is 1.10 bits per heavy atom. The Kier molecular flexibility index (Phi) is 3.64. The number of methoxy groups -OCH3 is 1. The van der Waals surface area contributed by atoms with Gasteiger partial charge in [0.15, 0.2) is 0 Å². The largest absolute Gasteiger partial charge is 0.497 e. The van der Waals surface area contributed by atoms with E-state index in [1.54, 1.807) is 31.4 Å². The lowest BCUT2D eigenvalue weighted by molar-refractivity contribution is 0.262. The smallest absolute Gasteiger partial charge is 0.323 e. The number of hydrogen-bond donors (Lipinski definition) is 3. The van der Waals surface area contributed by atoms with Crippen molar-refractivity contribution in [3.8, 4) is 5.75 Å². The normalized spacial score (nSPS) is 12.2. The van der Waals surface area contributed by atoms with Crippen molar-refractivity contribution in [2.24, 2.45) is 0 Å². The second-order valence-corrected chi connectivity index (χ2v) is 4.86. The second kappa shape index (κ2) is 5.75. The lowest BCUT2D eigenvalue weighted by Crippen LogP contribution is -2.19. The van der Waals surface area contributed by atoms with Crippen molar-refractivity contribution in [1.29, 1.82) is 0 Å². The molecule has 2 amide bonds. The molecule has 0 saturated heterocycles. The third-order valence-electron chi connectivity index (χ3n) is 3.42. The quantitative estimate of drug-likeness (QED) is 0.810. The number of carbonyl (C=O) groups excluding carboxylic acids is 1. The molecule has 0 atom stereocenters. The van der Waals surface area contributed by atoms with Gasteiger partial charge in [0.25, 0.3) is 0 Å². The molecule has 21 heavy (non-hydrogen) atoms. The van der Waals surface area contributed by atoms with Gasteiger partial charge < -0.3 is 20.7 Å². The van der Waals surface area contributed by atoms with E-state index in [0.29, 0.717) is 0 Å². The van der Waals surface area contributed by atoms with Gasteiger partial charge >= 0.3 is 6.03 Å². The first kappa shape index (κ1) is 13.3. The maximum atomic E-state index is 12.0. The van der Waals surface area contributed by atoms with Crippen LogP contribution in [0.4, 0.5) is 21.9 Å². The predicted molar refractivity (Wildman–Crippen MR) is 84.3 cm³/mol. The number of nitrogens with one attached hydrogen (secondary N) is 3. The molecule has 0 spiro atoms. The summed E-state index contributed by atoms with van der Waals surface area (Å²) < 4.78 is 5.08. The van der Waals surface area contributed by atoms with Gasteiger partial charge in [-0.2, -0.15) is 0 Å². The van der Waals surface area contributed by atoms with Crippen LogP contribution in [0, 0.1) is 0 Å². The highest BCUT2D eigenvalue weighted by Gasteiger charge is 2.11. The summed E-state index contributed by atoms with van der Waals surface area (Å²) in [5.41, 5.74) is 3.90. The van der Waals surface area contributed by atoms with Crippen LogP contribution >= 0.6 is 0 Å². The van der Waals surface area contributed by atoms with Crippen LogP contribution in [0.5, 0.6) is 5.75 Å². The van der Waals surface area contributed by atoms with Crippen LogP contribution in [0.25, 0.3) is 0 Å². The minimum atomic E-state index is -0.258. The number of benzene rings is 2. The van der Waals surface area contributed by atoms with E-state index in [4.69, 9.17) is 4.74 Å². The number of urea groups is 1. The van der Waals surface area contributed by atoms with Gasteiger partial charge in [0, 0.05) is 23.6 Å². The summed E-state index contributed by atoms with van der Waals surface area (Å²) in [6, 6.07) is 12.8. The molecule has 1 aliphatic heterocycles. The topological polar surface area (TPSA) is 62.4 Å². The first-order chi connectivity index (χ1) is 10.2. The van der Waals surface area contributed by atoms with Crippen molar-refractivity contribution in [2.75, 3.05) is 29.6 Å². The zero-order valence-corrected chi connectivity index (χ0v) is 11.8. The van der Waals surface area contributed by atoms with E-state index in [9.17, 15) is 4.79 Å². The van der Waals surface area contributed by atoms with E-state index in [1.165, 1.54) is 5.56 Å². The van der Waals surface area contributed by atoms with Gasteiger partial charge in [-0.25, -0.2) is 4.79 Å². The first-order valence-electron chi connectivity index (χ1n) is 6.83. The maximum absolute atomic E-state index is 12.0. The summed E-state index contributed by atoms with van der Waals surface area (Å²) in [6.45, 7) is 0.955. The summed E-state index contributed by atoms with van der Waals surface area (Å²) in [4.78, 5) is 12.0. The Bertz CT molecular complexity index is 653. The van der Waals surface area contributed by atoms with Crippen molar-refractivity contribution < 1.29 is 9.53 Å². The van der Waals surface area contributed by atoms with Gasteiger partial charge in [-0.1, -0.05) is 0 Å². The minimum Gasteiger partial charge on any atom is -0.497 e. The Morgan fingerprint density at radius 3 is 2.57 bits per heavy atom. The fourth-order valence-electron chi connectivity index (χ4n) is 2.35. The van der Waals surface area contributed by atoms with E-state index in [2.05, 4.69) is 16.0 Å². The fraction of sp³-hybridized carbons (Fsp3) is 0.188. The van der Waals surface area contributed by atoms with Crippen molar-refractivity contribution in [2.45, 2.75) is 6.42 Å². The standard InChI is InChI=1S/C16H17N3O2/c1-21-14-5-2-12(3-6-14)18-16(20)19-13-4-7-15-11(10-13)8-9-17-15/h2-7,10,17H,8-9H2,1H3,(H2,18,19,20). The van der Waals surface area contributed by atoms with E-state index in [1.807, 2.05) is 18.2 Å². The van der Waals surface area contributed by atoms with Gasteiger partial charge in [-0.05, 0) is 54.4 Å². The SMILES string of the molecule is COc1ccc(NC(=O)Nc2ccc3c(c2)CCN3)cc1. The zero-order valence-electron chi connectivity index (χ0n) is 11.8. The highest BCUT2D eigenvalue weighted by atomic mass is 16.5. The number of anilines is 3. The maximum Gasteiger partial charge on any atom is 0.323 e. The van der Waals surface area contributed by atoms with Gasteiger partial charge in [0.2, 0.25) is 0 Å². The number of ether oxygens (including phenoxy) is 1. The van der Waals surface area contributed by atoms with Crippen LogP contribution < -0.4 is 20.7 Å². The molecule has 0 bridgehead atoms. The molecule has 0 saturated carbocycles. The highest BCUT2D eigenvalue weighted by Crippen LogP contribution is 2.25. The summed E-state index contributed by atoms with van der Waals surface area (Å²) in [5.74, 6) is 0.757. The van der Waals surface area contributed by atoms with E-state index >= 15 is 0 Å². The Hall–Kier alpha value is -2.69. The van der Waals surface area contributed by atoms with Gasteiger partial charge in [-0.15, -0.1) is 0 Å². The molecule has 0 radical (unpaired) electrons. The molecule has 1 heterocycles. The molecule has 0 aliphatic carbocycles. The lowest BCUT2D eigenvalue weighted by Gasteiger charge is -2.09. The monoisotopic (exact) mass is 283 g/mol. The third kappa shape index (κ3) is 3.08. The molecule has 2 aromatic carbocycles. The van der Waals surface area contributed by atoms with Gasteiger partial charge in [0.05, 0.1) is 7.11 Å². The molecule has 0 unspecified atom stereocenters. The van der Waals surface area contributed by atoms with Gasteiger partial charge in [0.1, 0.15) is 5.75 Å². The molecule has 5 nitrogen and oxygen atoms in total. The average Bonchev–Trinajstić information content (AvgIpc) is 2.95. The van der Waals surface area contributed by atoms with Gasteiger partial charge in [-0.3, -0.25) is 0 Å². The summed E-state index contributed by atoms with van der Waals surface area (Å²) >= 11 is 0. The van der Waals surface area contributed by atoms with Crippen LogP contribution in [-0.2, 0) is 6.42 Å². The zero-order chi connectivity index (χ0) is 14.7. The molecule has 108 valence electrons. The van der Waals surface area contributed by atoms with Crippen LogP contribution in [0.15, 0.2) is 42.5 Å². The Balaban J connectivity index is 1.63. The number of rotatable bonds is 3. The molecule has 2 aromatic rings. The average molecular weight is 283 g/mol. The summed E-state index contributed by atoms with van der Waals surface area (Å²) in [6.07, 6.45) is 0.991. The van der Waals surface area contributed by atoms with E-state index in [0.717, 1.165) is 35.8 Å². The number of amides is 2. The number of fused-ring (bicyclic) bond motifs is 1. The molecular formula is C16H17N3O2. The van der Waals surface area contributed by atoms with E-state index < -0.39 is 0 Å². The minimum absolute atomic E-state index is 0.258. The van der Waals surface area contributed by atoms with Crippen molar-refractivity contribution in [3.63, 3.8) is 0 Å². The fourth-order valence-corrected chi connectivity index (χ4v) is 2.35. The molecule has 0 aromatic heterocycles. The lowest BCUT2D eigenvalue weighted by atomic mass is 10.1. The van der Waals surface area contributed by atoms with E-state index in [-0.39, 0.29) is 6.03 Å². The van der Waals surface area contributed by atoms with Crippen molar-refractivity contribution in [1.82, 2.24) is 0 Å².